The second-order valence-corrected chi connectivity index (χ2v) is 4.26. The van der Waals surface area contributed by atoms with E-state index >= 15 is 0 Å². The van der Waals surface area contributed by atoms with Gasteiger partial charge >= 0.3 is 0 Å². The van der Waals surface area contributed by atoms with E-state index in [2.05, 4.69) is 10.6 Å². The molecule has 6 heteroatoms. The highest BCUT2D eigenvalue weighted by Gasteiger charge is 2.08. The summed E-state index contributed by atoms with van der Waals surface area (Å²) >= 11 is 1.38. The average molecular weight is 258 g/mol. The lowest BCUT2D eigenvalue weighted by Gasteiger charge is -2.05. The van der Waals surface area contributed by atoms with Gasteiger partial charge in [-0.05, 0) is 0 Å². The average Bonchev–Trinajstić information content (AvgIpc) is 2.82. The van der Waals surface area contributed by atoms with Crippen LogP contribution in [0, 0.1) is 0 Å². The highest BCUT2D eigenvalue weighted by Crippen LogP contribution is 2.20. The molecule has 0 spiro atoms. The molecule has 0 unspecified atom stereocenters. The Kier molecular flexibility index (Phi) is 6.61. The number of nitrogens with one attached hydrogen (secondary N) is 2. The van der Waals surface area contributed by atoms with Crippen molar-refractivity contribution in [1.29, 1.82) is 0 Å². The van der Waals surface area contributed by atoms with Gasteiger partial charge in [0.05, 0.1) is 18.6 Å². The molecular formula is C11H18N2O3S. The molecule has 1 aromatic rings. The van der Waals surface area contributed by atoms with Crippen LogP contribution in [-0.2, 0) is 4.74 Å². The third kappa shape index (κ3) is 5.16. The molecule has 0 saturated heterocycles. The molecule has 2 N–H and O–H groups in total. The number of rotatable bonds is 8. The first-order valence-electron chi connectivity index (χ1n) is 5.38. The van der Waals surface area contributed by atoms with Crippen LogP contribution in [0.1, 0.15) is 9.67 Å². The van der Waals surface area contributed by atoms with Crippen LogP contribution in [-0.4, -0.2) is 46.4 Å². The number of amides is 1. The van der Waals surface area contributed by atoms with Crippen LogP contribution in [0.15, 0.2) is 11.4 Å². The van der Waals surface area contributed by atoms with E-state index in [9.17, 15) is 4.79 Å². The maximum absolute atomic E-state index is 11.7. The van der Waals surface area contributed by atoms with E-state index in [0.29, 0.717) is 18.0 Å². The summed E-state index contributed by atoms with van der Waals surface area (Å²) in [5.74, 6) is 0.658. The maximum atomic E-state index is 11.7. The van der Waals surface area contributed by atoms with E-state index in [4.69, 9.17) is 9.47 Å². The smallest absolute Gasteiger partial charge is 0.261 e. The summed E-state index contributed by atoms with van der Waals surface area (Å²) in [6.07, 6.45) is 0. The lowest BCUT2D eigenvalue weighted by Crippen LogP contribution is -2.32. The highest BCUT2D eigenvalue weighted by atomic mass is 32.1. The van der Waals surface area contributed by atoms with Crippen molar-refractivity contribution < 1.29 is 14.3 Å². The van der Waals surface area contributed by atoms with Crippen LogP contribution in [0.5, 0.6) is 5.75 Å². The Morgan fingerprint density at radius 2 is 2.18 bits per heavy atom. The van der Waals surface area contributed by atoms with Crippen LogP contribution in [0.2, 0.25) is 0 Å². The van der Waals surface area contributed by atoms with E-state index in [-0.39, 0.29) is 5.91 Å². The van der Waals surface area contributed by atoms with Crippen molar-refractivity contribution >= 4 is 17.2 Å². The molecule has 0 radical (unpaired) electrons. The summed E-state index contributed by atoms with van der Waals surface area (Å²) in [5.41, 5.74) is 0. The molecule has 0 aromatic carbocycles. The molecule has 1 aromatic heterocycles. The second kappa shape index (κ2) is 8.05. The number of carbonyl (C=O) groups is 1. The Balaban J connectivity index is 2.16. The van der Waals surface area contributed by atoms with Crippen LogP contribution < -0.4 is 15.4 Å². The van der Waals surface area contributed by atoms with Gasteiger partial charge in [0.1, 0.15) is 5.75 Å². The SMILES string of the molecule is COCCNCCNC(=O)c1cc(OC)cs1. The van der Waals surface area contributed by atoms with Gasteiger partial charge in [0.25, 0.3) is 5.91 Å². The Morgan fingerprint density at radius 3 is 2.82 bits per heavy atom. The van der Waals surface area contributed by atoms with Crippen LogP contribution in [0.4, 0.5) is 0 Å². The molecule has 1 rings (SSSR count). The molecular weight excluding hydrogens is 240 g/mol. The molecule has 0 aliphatic carbocycles. The fraction of sp³-hybridized carbons (Fsp3) is 0.545. The standard InChI is InChI=1S/C11H18N2O3S/c1-15-6-5-12-3-4-13-11(14)10-7-9(16-2)8-17-10/h7-8,12H,3-6H2,1-2H3,(H,13,14). The van der Waals surface area contributed by atoms with Crippen LogP contribution in [0.25, 0.3) is 0 Å². The number of hydrogen-bond donors (Lipinski definition) is 2. The lowest BCUT2D eigenvalue weighted by atomic mass is 10.4. The minimum Gasteiger partial charge on any atom is -0.496 e. The van der Waals surface area contributed by atoms with E-state index in [1.165, 1.54) is 11.3 Å². The molecule has 0 atom stereocenters. The predicted molar refractivity (Wildman–Crippen MR) is 67.9 cm³/mol. The first-order valence-corrected chi connectivity index (χ1v) is 6.26. The van der Waals surface area contributed by atoms with Gasteiger partial charge in [-0.25, -0.2) is 0 Å². The Bertz CT molecular complexity index is 341. The monoisotopic (exact) mass is 258 g/mol. The minimum atomic E-state index is -0.0631. The van der Waals surface area contributed by atoms with Gasteiger partial charge in [-0.3, -0.25) is 4.79 Å². The molecule has 0 saturated carbocycles. The largest absolute Gasteiger partial charge is 0.496 e. The summed E-state index contributed by atoms with van der Waals surface area (Å²) in [6.45, 7) is 2.80. The molecule has 0 aliphatic heterocycles. The summed E-state index contributed by atoms with van der Waals surface area (Å²) in [5, 5.41) is 7.79. The highest BCUT2D eigenvalue weighted by molar-refractivity contribution is 7.12. The van der Waals surface area contributed by atoms with Gasteiger partial charge < -0.3 is 20.1 Å². The zero-order valence-electron chi connectivity index (χ0n) is 10.1. The third-order valence-corrected chi connectivity index (χ3v) is 3.01. The van der Waals surface area contributed by atoms with Crippen molar-refractivity contribution in [2.45, 2.75) is 0 Å². The molecule has 1 heterocycles. The Morgan fingerprint density at radius 1 is 1.35 bits per heavy atom. The van der Waals surface area contributed by atoms with Gasteiger partial charge in [-0.2, -0.15) is 0 Å². The van der Waals surface area contributed by atoms with E-state index in [1.807, 2.05) is 5.38 Å². The van der Waals surface area contributed by atoms with E-state index in [1.54, 1.807) is 20.3 Å². The quantitative estimate of drug-likeness (QED) is 0.675. The number of thiophene rings is 1. The van der Waals surface area contributed by atoms with Crippen LogP contribution >= 0.6 is 11.3 Å². The molecule has 0 aliphatic rings. The minimum absolute atomic E-state index is 0.0631. The zero-order valence-corrected chi connectivity index (χ0v) is 10.9. The molecule has 0 bridgehead atoms. The summed E-state index contributed by atoms with van der Waals surface area (Å²) in [6, 6.07) is 1.73. The normalized spacial score (nSPS) is 10.2. The Hall–Kier alpha value is -1.11. The summed E-state index contributed by atoms with van der Waals surface area (Å²) < 4.78 is 9.91. The van der Waals surface area contributed by atoms with Crippen molar-refractivity contribution in [3.05, 3.63) is 16.3 Å². The number of hydrogen-bond acceptors (Lipinski definition) is 5. The molecule has 17 heavy (non-hydrogen) atoms. The van der Waals surface area contributed by atoms with Gasteiger partial charge in [0, 0.05) is 38.2 Å². The first-order chi connectivity index (χ1) is 8.27. The van der Waals surface area contributed by atoms with Gasteiger partial charge in [-0.1, -0.05) is 0 Å². The van der Waals surface area contributed by atoms with Crippen molar-refractivity contribution in [3.8, 4) is 5.75 Å². The topological polar surface area (TPSA) is 59.6 Å². The number of carbonyl (C=O) groups excluding carboxylic acids is 1. The summed E-state index contributed by atoms with van der Waals surface area (Å²) in [7, 11) is 3.25. The van der Waals surface area contributed by atoms with Crippen LogP contribution in [0.3, 0.4) is 0 Å². The second-order valence-electron chi connectivity index (χ2n) is 3.35. The fourth-order valence-electron chi connectivity index (χ4n) is 1.20. The Labute approximate surface area is 105 Å². The first kappa shape index (κ1) is 14.0. The van der Waals surface area contributed by atoms with Gasteiger partial charge in [-0.15, -0.1) is 11.3 Å². The van der Waals surface area contributed by atoms with Gasteiger partial charge in [0.2, 0.25) is 0 Å². The number of methoxy groups -OCH3 is 2. The predicted octanol–water partition coefficient (Wildman–Crippen LogP) is 0.722. The van der Waals surface area contributed by atoms with E-state index < -0.39 is 0 Å². The number of ether oxygens (including phenoxy) is 2. The molecule has 5 nitrogen and oxygen atoms in total. The zero-order chi connectivity index (χ0) is 12.5. The molecule has 96 valence electrons. The van der Waals surface area contributed by atoms with Crippen molar-refractivity contribution in [2.24, 2.45) is 0 Å². The van der Waals surface area contributed by atoms with E-state index in [0.717, 1.165) is 18.8 Å². The lowest BCUT2D eigenvalue weighted by molar-refractivity contribution is 0.0957. The third-order valence-electron chi connectivity index (χ3n) is 2.11. The summed E-state index contributed by atoms with van der Waals surface area (Å²) in [4.78, 5) is 12.3. The fourth-order valence-corrected chi connectivity index (χ4v) is 1.97. The van der Waals surface area contributed by atoms with Gasteiger partial charge in [0.15, 0.2) is 0 Å². The van der Waals surface area contributed by atoms with Crippen molar-refractivity contribution in [1.82, 2.24) is 10.6 Å². The van der Waals surface area contributed by atoms with Crippen molar-refractivity contribution in [3.63, 3.8) is 0 Å². The maximum Gasteiger partial charge on any atom is 0.261 e. The van der Waals surface area contributed by atoms with Crippen molar-refractivity contribution in [2.75, 3.05) is 40.5 Å². The molecule has 0 fully saturated rings. The molecule has 1 amide bonds.